The molecule has 2 N–H and O–H groups in total. The molecular formula is C27H36FN5O3. The fourth-order valence-electron chi connectivity index (χ4n) is 5.54. The van der Waals surface area contributed by atoms with Crippen LogP contribution in [0.3, 0.4) is 0 Å². The quantitative estimate of drug-likeness (QED) is 0.578. The van der Waals surface area contributed by atoms with Gasteiger partial charge in [-0.15, -0.1) is 0 Å². The van der Waals surface area contributed by atoms with Gasteiger partial charge in [0.05, 0.1) is 41.8 Å². The summed E-state index contributed by atoms with van der Waals surface area (Å²) < 4.78 is 27.0. The van der Waals surface area contributed by atoms with Crippen molar-refractivity contribution in [2.75, 3.05) is 33.4 Å². The zero-order valence-electron chi connectivity index (χ0n) is 20.8. The van der Waals surface area contributed by atoms with Crippen molar-refractivity contribution in [3.05, 3.63) is 63.6 Å². The van der Waals surface area contributed by atoms with Gasteiger partial charge in [-0.1, -0.05) is 0 Å². The second-order valence-electron chi connectivity index (χ2n) is 9.76. The van der Waals surface area contributed by atoms with E-state index < -0.39 is 0 Å². The molecule has 2 atom stereocenters. The summed E-state index contributed by atoms with van der Waals surface area (Å²) in [6.45, 7) is 4.77. The Hall–Kier alpha value is -2.88. The lowest BCUT2D eigenvalue weighted by Crippen LogP contribution is -2.40. The molecule has 1 unspecified atom stereocenters. The van der Waals surface area contributed by atoms with Crippen LogP contribution >= 0.6 is 0 Å². The summed E-state index contributed by atoms with van der Waals surface area (Å²) in [7, 11) is 1.76. The molecule has 9 heteroatoms. The van der Waals surface area contributed by atoms with Crippen LogP contribution in [0.2, 0.25) is 0 Å². The van der Waals surface area contributed by atoms with Crippen LogP contribution in [0.1, 0.15) is 49.8 Å². The van der Waals surface area contributed by atoms with Gasteiger partial charge < -0.3 is 24.7 Å². The summed E-state index contributed by atoms with van der Waals surface area (Å²) in [5, 5.41) is 0. The van der Waals surface area contributed by atoms with Crippen LogP contribution in [0, 0.1) is 5.82 Å². The molecule has 0 amide bonds. The molecule has 3 aromatic heterocycles. The first-order valence-electron chi connectivity index (χ1n) is 12.8. The number of rotatable bonds is 5. The summed E-state index contributed by atoms with van der Waals surface area (Å²) in [5.41, 5.74) is 9.64. The van der Waals surface area contributed by atoms with Crippen molar-refractivity contribution in [3.63, 3.8) is 0 Å². The highest BCUT2D eigenvalue weighted by Crippen LogP contribution is 2.36. The van der Waals surface area contributed by atoms with Crippen LogP contribution in [0.25, 0.3) is 11.0 Å². The van der Waals surface area contributed by atoms with Crippen molar-refractivity contribution in [2.45, 2.75) is 57.2 Å². The molecule has 8 nitrogen and oxygen atoms in total. The number of hydrogen-bond acceptors (Lipinski definition) is 7. The van der Waals surface area contributed by atoms with E-state index in [1.165, 1.54) is 17.8 Å². The van der Waals surface area contributed by atoms with Gasteiger partial charge in [0.25, 0.3) is 5.56 Å². The number of methoxy groups -OCH3 is 1. The van der Waals surface area contributed by atoms with E-state index in [0.29, 0.717) is 35.8 Å². The molecule has 3 aliphatic rings. The zero-order chi connectivity index (χ0) is 25.1. The van der Waals surface area contributed by atoms with E-state index >= 15 is 0 Å². The Morgan fingerprint density at radius 3 is 2.97 bits per heavy atom. The number of fused-ring (bicyclic) bond motifs is 1. The molecule has 6 rings (SSSR count). The molecular weight excluding hydrogens is 461 g/mol. The Kier molecular flexibility index (Phi) is 7.59. The molecule has 3 aromatic rings. The maximum atomic E-state index is 14.4. The third kappa shape index (κ3) is 5.14. The fraction of sp³-hybridized carbons (Fsp3) is 0.519. The van der Waals surface area contributed by atoms with Gasteiger partial charge >= 0.3 is 0 Å². The lowest BCUT2D eigenvalue weighted by atomic mass is 9.97. The molecule has 0 radical (unpaired) electrons. The van der Waals surface area contributed by atoms with Gasteiger partial charge in [-0.3, -0.25) is 14.8 Å². The van der Waals surface area contributed by atoms with Crippen molar-refractivity contribution in [3.8, 4) is 5.75 Å². The number of piperidine rings is 1. The summed E-state index contributed by atoms with van der Waals surface area (Å²) in [6.07, 6.45) is 8.63. The first kappa shape index (κ1) is 24.8. The van der Waals surface area contributed by atoms with Crippen molar-refractivity contribution >= 4 is 11.0 Å². The fourth-order valence-corrected chi connectivity index (χ4v) is 5.54. The van der Waals surface area contributed by atoms with Gasteiger partial charge in [0.1, 0.15) is 11.6 Å². The molecule has 0 aliphatic carbocycles. The first-order chi connectivity index (χ1) is 17.6. The standard InChI is InChI=1S/C18H22FN3O2.C9H12N2O.H2/c1-24-13-3-2-7-21(11-13)8-6-12-10-22-16(23)5-4-15-18(22)17(12)14(19)9-20-15;10-5-8-4-7-2-1-3-12-9(7)6-11-8;/h4-5,9,12-13H,2-3,6-8,10-11H2,1H3;4,6H,1-3,5,10H2;1H/t12?,13-;;/m0../s1. The smallest absolute Gasteiger partial charge is 0.251 e. The van der Waals surface area contributed by atoms with Crippen LogP contribution < -0.4 is 16.0 Å². The average molecular weight is 498 g/mol. The minimum atomic E-state index is -0.294. The number of hydrogen-bond donors (Lipinski definition) is 1. The first-order valence-corrected chi connectivity index (χ1v) is 12.8. The number of halogens is 1. The predicted molar refractivity (Wildman–Crippen MR) is 138 cm³/mol. The number of nitrogens with two attached hydrogens (primary N) is 1. The van der Waals surface area contributed by atoms with E-state index in [1.54, 1.807) is 23.9 Å². The maximum absolute atomic E-state index is 14.4. The second-order valence-corrected chi connectivity index (χ2v) is 9.76. The molecule has 0 spiro atoms. The lowest BCUT2D eigenvalue weighted by Gasteiger charge is -2.32. The predicted octanol–water partition coefficient (Wildman–Crippen LogP) is 3.25. The van der Waals surface area contributed by atoms with E-state index in [2.05, 4.69) is 14.9 Å². The second kappa shape index (κ2) is 11.0. The molecule has 1 fully saturated rings. The molecule has 0 saturated carbocycles. The number of aryl methyl sites for hydroxylation is 1. The van der Waals surface area contributed by atoms with E-state index in [9.17, 15) is 9.18 Å². The van der Waals surface area contributed by atoms with Gasteiger partial charge in [-0.05, 0) is 62.9 Å². The third-order valence-electron chi connectivity index (χ3n) is 7.45. The van der Waals surface area contributed by atoms with Gasteiger partial charge in [0.2, 0.25) is 0 Å². The van der Waals surface area contributed by atoms with E-state index in [1.807, 2.05) is 6.07 Å². The van der Waals surface area contributed by atoms with Crippen LogP contribution in [-0.2, 0) is 24.2 Å². The summed E-state index contributed by atoms with van der Waals surface area (Å²) in [6, 6.07) is 5.25. The van der Waals surface area contributed by atoms with Gasteiger partial charge in [-0.2, -0.15) is 0 Å². The maximum Gasteiger partial charge on any atom is 0.251 e. The summed E-state index contributed by atoms with van der Waals surface area (Å²) in [4.78, 5) is 22.8. The van der Waals surface area contributed by atoms with Crippen LogP contribution in [0.4, 0.5) is 4.39 Å². The van der Waals surface area contributed by atoms with Crippen LogP contribution in [-0.4, -0.2) is 58.9 Å². The third-order valence-corrected chi connectivity index (χ3v) is 7.45. The Balaban J connectivity index is 0.000000208. The molecule has 194 valence electrons. The SMILES string of the molecule is CO[C@H]1CCCN(CCC2Cn3c(=O)ccc4ncc(F)c2c43)C1.NCc1cc2c(cn1)OCCC2.[HH]. The molecule has 0 bridgehead atoms. The molecule has 36 heavy (non-hydrogen) atoms. The van der Waals surface area contributed by atoms with E-state index in [4.69, 9.17) is 15.2 Å². The molecule has 0 aromatic carbocycles. The van der Waals surface area contributed by atoms with Gasteiger partial charge in [-0.25, -0.2) is 4.39 Å². The largest absolute Gasteiger partial charge is 0.492 e. The number of aromatic nitrogens is 3. The average Bonchev–Trinajstić information content (AvgIpc) is 3.33. The molecule has 3 aliphatic heterocycles. The van der Waals surface area contributed by atoms with Gasteiger partial charge in [0, 0.05) is 45.7 Å². The zero-order valence-corrected chi connectivity index (χ0v) is 20.8. The Labute approximate surface area is 211 Å². The lowest BCUT2D eigenvalue weighted by molar-refractivity contribution is 0.0303. The van der Waals surface area contributed by atoms with E-state index in [-0.39, 0.29) is 18.7 Å². The van der Waals surface area contributed by atoms with E-state index in [0.717, 1.165) is 69.8 Å². The highest BCUT2D eigenvalue weighted by molar-refractivity contribution is 5.80. The highest BCUT2D eigenvalue weighted by Gasteiger charge is 2.30. The number of nitrogens with zero attached hydrogens (tertiary/aromatic N) is 4. The van der Waals surface area contributed by atoms with Crippen molar-refractivity contribution in [2.24, 2.45) is 5.73 Å². The Morgan fingerprint density at radius 2 is 2.14 bits per heavy atom. The highest BCUT2D eigenvalue weighted by atomic mass is 19.1. The number of likely N-dealkylation sites (tertiary alicyclic amines) is 1. The Bertz CT molecular complexity index is 1290. The number of ether oxygens (including phenoxy) is 2. The molecule has 6 heterocycles. The monoisotopic (exact) mass is 497 g/mol. The van der Waals surface area contributed by atoms with Crippen molar-refractivity contribution in [1.82, 2.24) is 19.4 Å². The van der Waals surface area contributed by atoms with Gasteiger partial charge in [0.15, 0.2) is 0 Å². The van der Waals surface area contributed by atoms with Crippen LogP contribution in [0.5, 0.6) is 5.75 Å². The normalized spacial score (nSPS) is 21.0. The van der Waals surface area contributed by atoms with Crippen LogP contribution in [0.15, 0.2) is 35.4 Å². The summed E-state index contributed by atoms with van der Waals surface area (Å²) in [5.74, 6) is 0.671. The minimum Gasteiger partial charge on any atom is -0.492 e. The van der Waals surface area contributed by atoms with Crippen molar-refractivity contribution < 1.29 is 15.3 Å². The topological polar surface area (TPSA) is 95.5 Å². The minimum absolute atomic E-state index is 0. The summed E-state index contributed by atoms with van der Waals surface area (Å²) >= 11 is 0. The Morgan fingerprint density at radius 1 is 1.25 bits per heavy atom. The number of pyridine rings is 3. The van der Waals surface area contributed by atoms with Crippen molar-refractivity contribution in [1.29, 1.82) is 0 Å². The molecule has 1 saturated heterocycles.